The van der Waals surface area contributed by atoms with E-state index in [-0.39, 0.29) is 5.91 Å². The molecule has 6 heteroatoms. The second-order valence-electron chi connectivity index (χ2n) is 7.30. The summed E-state index contributed by atoms with van der Waals surface area (Å²) in [5, 5.41) is 3.40. The minimum absolute atomic E-state index is 0.0440. The maximum absolute atomic E-state index is 12.4. The second-order valence-corrected chi connectivity index (χ2v) is 7.30. The van der Waals surface area contributed by atoms with Crippen molar-refractivity contribution < 1.29 is 9.21 Å². The number of rotatable bonds is 4. The van der Waals surface area contributed by atoms with E-state index in [1.807, 2.05) is 4.90 Å². The molecule has 0 spiro atoms. The molecule has 0 saturated carbocycles. The van der Waals surface area contributed by atoms with Gasteiger partial charge in [0.15, 0.2) is 11.7 Å². The van der Waals surface area contributed by atoms with Crippen molar-refractivity contribution in [1.29, 1.82) is 0 Å². The number of hydrogen-bond donors (Lipinski definition) is 1. The Morgan fingerprint density at radius 1 is 1.11 bits per heavy atom. The van der Waals surface area contributed by atoms with Gasteiger partial charge in [0.05, 0.1) is 12.8 Å². The molecule has 150 valence electrons. The maximum atomic E-state index is 12.4. The molecule has 2 aromatic rings. The van der Waals surface area contributed by atoms with Crippen LogP contribution in [0.25, 0.3) is 0 Å². The zero-order chi connectivity index (χ0) is 20.1. The van der Waals surface area contributed by atoms with E-state index in [2.05, 4.69) is 50.0 Å². The highest BCUT2D eigenvalue weighted by Crippen LogP contribution is 2.18. The SMILES string of the molecule is CCNC(=NCc1c(C)cc(C)cc1C)N1CCN(C(=O)c2ccco2)CC1. The molecule has 1 N–H and O–H groups in total. The topological polar surface area (TPSA) is 61.1 Å². The van der Waals surface area contributed by atoms with Crippen LogP contribution in [0.1, 0.15) is 39.7 Å². The lowest BCUT2D eigenvalue weighted by Gasteiger charge is -2.36. The van der Waals surface area contributed by atoms with Gasteiger partial charge in [-0.05, 0) is 56.5 Å². The maximum Gasteiger partial charge on any atom is 0.289 e. The average molecular weight is 383 g/mol. The van der Waals surface area contributed by atoms with Crippen LogP contribution in [0.5, 0.6) is 0 Å². The second kappa shape index (κ2) is 8.95. The number of guanidine groups is 1. The predicted octanol–water partition coefficient (Wildman–Crippen LogP) is 3.13. The fraction of sp³-hybridized carbons (Fsp3) is 0.455. The fourth-order valence-electron chi connectivity index (χ4n) is 3.72. The quantitative estimate of drug-likeness (QED) is 0.652. The Kier molecular flexibility index (Phi) is 6.39. The highest BCUT2D eigenvalue weighted by molar-refractivity contribution is 5.91. The molecule has 6 nitrogen and oxygen atoms in total. The van der Waals surface area contributed by atoms with Gasteiger partial charge in [0.2, 0.25) is 0 Å². The van der Waals surface area contributed by atoms with Gasteiger partial charge in [-0.3, -0.25) is 4.79 Å². The van der Waals surface area contributed by atoms with E-state index in [1.165, 1.54) is 28.5 Å². The Morgan fingerprint density at radius 2 is 1.75 bits per heavy atom. The molecule has 1 aromatic heterocycles. The zero-order valence-corrected chi connectivity index (χ0v) is 17.3. The van der Waals surface area contributed by atoms with Crippen molar-refractivity contribution in [3.05, 3.63) is 58.5 Å². The van der Waals surface area contributed by atoms with Gasteiger partial charge < -0.3 is 19.5 Å². The van der Waals surface area contributed by atoms with Crippen molar-refractivity contribution in [1.82, 2.24) is 15.1 Å². The Morgan fingerprint density at radius 3 is 2.32 bits per heavy atom. The third-order valence-corrected chi connectivity index (χ3v) is 5.16. The van der Waals surface area contributed by atoms with E-state index in [0.717, 1.165) is 25.6 Å². The lowest BCUT2D eigenvalue weighted by atomic mass is 10.00. The highest BCUT2D eigenvalue weighted by atomic mass is 16.3. The van der Waals surface area contributed by atoms with Gasteiger partial charge >= 0.3 is 0 Å². The Labute approximate surface area is 167 Å². The Hall–Kier alpha value is -2.76. The van der Waals surface area contributed by atoms with Crippen LogP contribution >= 0.6 is 0 Å². The number of aryl methyl sites for hydroxylation is 3. The summed E-state index contributed by atoms with van der Waals surface area (Å²) in [6, 6.07) is 7.88. The lowest BCUT2D eigenvalue weighted by molar-refractivity contribution is 0.0657. The van der Waals surface area contributed by atoms with Crippen LogP contribution in [0.2, 0.25) is 0 Å². The van der Waals surface area contributed by atoms with Crippen LogP contribution in [-0.2, 0) is 6.54 Å². The van der Waals surface area contributed by atoms with Crippen molar-refractivity contribution in [3.63, 3.8) is 0 Å². The molecule has 0 atom stereocenters. The van der Waals surface area contributed by atoms with Crippen LogP contribution in [-0.4, -0.2) is 54.4 Å². The molecular weight excluding hydrogens is 352 g/mol. The molecule has 0 bridgehead atoms. The van der Waals surface area contributed by atoms with Gasteiger partial charge in [-0.2, -0.15) is 0 Å². The number of amides is 1. The third-order valence-electron chi connectivity index (χ3n) is 5.16. The molecule has 1 saturated heterocycles. The fourth-order valence-corrected chi connectivity index (χ4v) is 3.72. The summed E-state index contributed by atoms with van der Waals surface area (Å²) in [4.78, 5) is 21.4. The summed E-state index contributed by atoms with van der Waals surface area (Å²) in [5.74, 6) is 1.27. The first kappa shape index (κ1) is 20.0. The van der Waals surface area contributed by atoms with Crippen molar-refractivity contribution in [2.75, 3.05) is 32.7 Å². The molecule has 0 unspecified atom stereocenters. The Bertz CT molecular complexity index is 811. The molecule has 0 radical (unpaired) electrons. The van der Waals surface area contributed by atoms with Crippen molar-refractivity contribution in [2.24, 2.45) is 4.99 Å². The van der Waals surface area contributed by atoms with Crippen LogP contribution < -0.4 is 5.32 Å². The molecule has 1 aromatic carbocycles. The minimum atomic E-state index is -0.0440. The predicted molar refractivity (Wildman–Crippen MR) is 112 cm³/mol. The van der Waals surface area contributed by atoms with Crippen molar-refractivity contribution in [3.8, 4) is 0 Å². The van der Waals surface area contributed by atoms with Crippen molar-refractivity contribution >= 4 is 11.9 Å². The summed E-state index contributed by atoms with van der Waals surface area (Å²) in [6.45, 7) is 12.8. The molecule has 1 amide bonds. The first-order chi connectivity index (χ1) is 13.5. The number of benzene rings is 1. The number of nitrogens with zero attached hydrogens (tertiary/aromatic N) is 3. The largest absolute Gasteiger partial charge is 0.459 e. The molecule has 1 fully saturated rings. The molecule has 2 heterocycles. The summed E-state index contributed by atoms with van der Waals surface area (Å²) in [6.07, 6.45) is 1.54. The van der Waals surface area contributed by atoms with Gasteiger partial charge in [-0.25, -0.2) is 4.99 Å². The third kappa shape index (κ3) is 4.55. The van der Waals surface area contributed by atoms with E-state index < -0.39 is 0 Å². The van der Waals surface area contributed by atoms with Gasteiger partial charge in [0, 0.05) is 32.7 Å². The van der Waals surface area contributed by atoms with E-state index in [1.54, 1.807) is 12.1 Å². The first-order valence-corrected chi connectivity index (χ1v) is 9.92. The number of carbonyl (C=O) groups excluding carboxylic acids is 1. The highest BCUT2D eigenvalue weighted by Gasteiger charge is 2.25. The molecular formula is C22H30N4O2. The van der Waals surface area contributed by atoms with Gasteiger partial charge in [-0.15, -0.1) is 0 Å². The van der Waals surface area contributed by atoms with Gasteiger partial charge in [-0.1, -0.05) is 17.7 Å². The summed E-state index contributed by atoms with van der Waals surface area (Å²) in [5.41, 5.74) is 5.14. The molecule has 3 rings (SSSR count). The monoisotopic (exact) mass is 382 g/mol. The smallest absolute Gasteiger partial charge is 0.289 e. The van der Waals surface area contributed by atoms with E-state index in [9.17, 15) is 4.79 Å². The molecule has 1 aliphatic rings. The molecule has 1 aliphatic heterocycles. The number of nitrogens with one attached hydrogen (secondary N) is 1. The normalized spacial score (nSPS) is 15.1. The summed E-state index contributed by atoms with van der Waals surface area (Å²) >= 11 is 0. The molecule has 28 heavy (non-hydrogen) atoms. The zero-order valence-electron chi connectivity index (χ0n) is 17.3. The van der Waals surface area contributed by atoms with E-state index in [4.69, 9.17) is 9.41 Å². The van der Waals surface area contributed by atoms with Gasteiger partial charge in [0.25, 0.3) is 5.91 Å². The number of carbonyl (C=O) groups is 1. The van der Waals surface area contributed by atoms with Crippen molar-refractivity contribution in [2.45, 2.75) is 34.2 Å². The number of hydrogen-bond acceptors (Lipinski definition) is 3. The van der Waals surface area contributed by atoms with Crippen LogP contribution in [0.4, 0.5) is 0 Å². The molecule has 0 aliphatic carbocycles. The summed E-state index contributed by atoms with van der Waals surface area (Å²) < 4.78 is 5.24. The lowest BCUT2D eigenvalue weighted by Crippen LogP contribution is -2.53. The number of aliphatic imine (C=N–C) groups is 1. The average Bonchev–Trinajstić information content (AvgIpc) is 3.20. The minimum Gasteiger partial charge on any atom is -0.459 e. The number of furan rings is 1. The summed E-state index contributed by atoms with van der Waals surface area (Å²) in [7, 11) is 0. The van der Waals surface area contributed by atoms with Crippen LogP contribution in [0, 0.1) is 20.8 Å². The first-order valence-electron chi connectivity index (χ1n) is 9.92. The van der Waals surface area contributed by atoms with Gasteiger partial charge in [0.1, 0.15) is 0 Å². The van der Waals surface area contributed by atoms with E-state index in [0.29, 0.717) is 25.4 Å². The van der Waals surface area contributed by atoms with Crippen LogP contribution in [0.15, 0.2) is 39.9 Å². The Balaban J connectivity index is 1.66. The van der Waals surface area contributed by atoms with Crippen LogP contribution in [0.3, 0.4) is 0 Å². The standard InChI is InChI=1S/C22H30N4O2/c1-5-23-22(24-15-19-17(3)13-16(2)14-18(19)4)26-10-8-25(9-11-26)21(27)20-7-6-12-28-20/h6-7,12-14H,5,8-11,15H2,1-4H3,(H,23,24). The number of piperazine rings is 1. The van der Waals surface area contributed by atoms with E-state index >= 15 is 0 Å².